The van der Waals surface area contributed by atoms with E-state index in [2.05, 4.69) is 10.6 Å². The van der Waals surface area contributed by atoms with Crippen LogP contribution in [0.2, 0.25) is 0 Å². The van der Waals surface area contributed by atoms with E-state index in [0.717, 1.165) is 24.2 Å². The molecule has 2 aliphatic heterocycles. The van der Waals surface area contributed by atoms with Crippen molar-refractivity contribution >= 4 is 11.8 Å². The average molecular weight is 421 g/mol. The summed E-state index contributed by atoms with van der Waals surface area (Å²) < 4.78 is 16.4. The standard InChI is InChI=1S/C22H32N2O6/c1-28-17-4-2-3-15(11-17)13-23-21(26)12-18-5-6-19(20(14-25)30-18)24-22(27)16-7-9-29-10-8-16/h2-4,11,16,18-20,25H,5-10,12-14H2,1H3,(H,23,26)(H,24,27)/t18-,19+,20-/m0/s1. The van der Waals surface area contributed by atoms with E-state index in [9.17, 15) is 14.7 Å². The maximum atomic E-state index is 12.5. The van der Waals surface area contributed by atoms with E-state index in [0.29, 0.717) is 32.6 Å². The molecule has 0 radical (unpaired) electrons. The number of amides is 2. The lowest BCUT2D eigenvalue weighted by atomic mass is 9.94. The second kappa shape index (κ2) is 11.3. The first-order valence-electron chi connectivity index (χ1n) is 10.6. The molecule has 0 spiro atoms. The lowest BCUT2D eigenvalue weighted by Gasteiger charge is -2.37. The van der Waals surface area contributed by atoms with Crippen molar-refractivity contribution in [2.75, 3.05) is 26.9 Å². The molecule has 2 amide bonds. The topological polar surface area (TPSA) is 106 Å². The highest BCUT2D eigenvalue weighted by molar-refractivity contribution is 5.79. The Labute approximate surface area is 177 Å². The molecule has 0 aromatic heterocycles. The molecule has 1 aromatic carbocycles. The highest BCUT2D eigenvalue weighted by Gasteiger charge is 2.34. The summed E-state index contributed by atoms with van der Waals surface area (Å²) in [5.74, 6) is 0.597. The Morgan fingerprint density at radius 3 is 2.73 bits per heavy atom. The maximum Gasteiger partial charge on any atom is 0.223 e. The summed E-state index contributed by atoms with van der Waals surface area (Å²) in [5.41, 5.74) is 0.955. The van der Waals surface area contributed by atoms with Crippen LogP contribution in [0, 0.1) is 5.92 Å². The molecule has 30 heavy (non-hydrogen) atoms. The first kappa shape index (κ1) is 22.5. The van der Waals surface area contributed by atoms with Gasteiger partial charge in [0.2, 0.25) is 11.8 Å². The van der Waals surface area contributed by atoms with Gasteiger partial charge in [-0.25, -0.2) is 0 Å². The van der Waals surface area contributed by atoms with Gasteiger partial charge in [-0.15, -0.1) is 0 Å². The zero-order valence-corrected chi connectivity index (χ0v) is 17.5. The van der Waals surface area contributed by atoms with Crippen LogP contribution >= 0.6 is 0 Å². The normalized spacial score (nSPS) is 24.8. The Bertz CT molecular complexity index is 707. The van der Waals surface area contributed by atoms with Crippen molar-refractivity contribution in [3.8, 4) is 5.75 Å². The monoisotopic (exact) mass is 420 g/mol. The zero-order valence-electron chi connectivity index (χ0n) is 17.5. The number of nitrogens with one attached hydrogen (secondary N) is 2. The van der Waals surface area contributed by atoms with Gasteiger partial charge in [-0.05, 0) is 43.4 Å². The lowest BCUT2D eigenvalue weighted by Crippen LogP contribution is -2.53. The van der Waals surface area contributed by atoms with Crippen molar-refractivity contribution in [3.05, 3.63) is 29.8 Å². The van der Waals surface area contributed by atoms with E-state index < -0.39 is 6.10 Å². The molecule has 2 heterocycles. The van der Waals surface area contributed by atoms with Crippen molar-refractivity contribution in [2.45, 2.75) is 56.9 Å². The van der Waals surface area contributed by atoms with Crippen LogP contribution in [0.4, 0.5) is 0 Å². The Balaban J connectivity index is 1.43. The number of rotatable bonds is 8. The first-order chi connectivity index (χ1) is 14.6. The minimum Gasteiger partial charge on any atom is -0.497 e. The molecule has 3 atom stereocenters. The van der Waals surface area contributed by atoms with Crippen LogP contribution in [0.3, 0.4) is 0 Å². The van der Waals surface area contributed by atoms with Crippen LogP contribution < -0.4 is 15.4 Å². The van der Waals surface area contributed by atoms with Gasteiger partial charge in [0.1, 0.15) is 11.9 Å². The Kier molecular flexibility index (Phi) is 8.48. The summed E-state index contributed by atoms with van der Waals surface area (Å²) in [6.45, 7) is 1.43. The first-order valence-corrected chi connectivity index (χ1v) is 10.6. The Morgan fingerprint density at radius 1 is 1.20 bits per heavy atom. The number of methoxy groups -OCH3 is 1. The number of hydrogen-bond acceptors (Lipinski definition) is 6. The fourth-order valence-corrected chi connectivity index (χ4v) is 3.97. The molecule has 2 aliphatic rings. The second-order valence-corrected chi connectivity index (χ2v) is 7.89. The van der Waals surface area contributed by atoms with Crippen molar-refractivity contribution in [3.63, 3.8) is 0 Å². The summed E-state index contributed by atoms with van der Waals surface area (Å²) in [7, 11) is 1.61. The van der Waals surface area contributed by atoms with Crippen LogP contribution in [0.5, 0.6) is 5.75 Å². The number of carbonyl (C=O) groups excluding carboxylic acids is 2. The van der Waals surface area contributed by atoms with Crippen LogP contribution in [-0.4, -0.2) is 62.1 Å². The molecule has 1 aromatic rings. The summed E-state index contributed by atoms with van der Waals surface area (Å²) in [6, 6.07) is 7.30. The molecular formula is C22H32N2O6. The van der Waals surface area contributed by atoms with E-state index in [1.807, 2.05) is 24.3 Å². The fraction of sp³-hybridized carbons (Fsp3) is 0.636. The number of hydrogen-bond donors (Lipinski definition) is 3. The largest absolute Gasteiger partial charge is 0.497 e. The van der Waals surface area contributed by atoms with E-state index in [4.69, 9.17) is 14.2 Å². The molecule has 2 saturated heterocycles. The number of carbonyl (C=O) groups is 2. The zero-order chi connectivity index (χ0) is 21.3. The molecule has 3 rings (SSSR count). The van der Waals surface area contributed by atoms with E-state index in [1.165, 1.54) is 0 Å². The van der Waals surface area contributed by atoms with Gasteiger partial charge in [-0.2, -0.15) is 0 Å². The highest BCUT2D eigenvalue weighted by atomic mass is 16.5. The van der Waals surface area contributed by atoms with Gasteiger partial charge in [0.05, 0.1) is 32.3 Å². The molecule has 0 saturated carbocycles. The molecule has 0 bridgehead atoms. The Morgan fingerprint density at radius 2 is 2.00 bits per heavy atom. The average Bonchev–Trinajstić information content (AvgIpc) is 2.79. The van der Waals surface area contributed by atoms with Crippen molar-refractivity contribution in [1.29, 1.82) is 0 Å². The summed E-state index contributed by atoms with van der Waals surface area (Å²) in [6.07, 6.45) is 2.22. The highest BCUT2D eigenvalue weighted by Crippen LogP contribution is 2.23. The number of ether oxygens (including phenoxy) is 3. The van der Waals surface area contributed by atoms with Gasteiger partial charge >= 0.3 is 0 Å². The van der Waals surface area contributed by atoms with Gasteiger partial charge in [0.25, 0.3) is 0 Å². The minimum absolute atomic E-state index is 0.000155. The predicted octanol–water partition coefficient (Wildman–Crippen LogP) is 1.15. The molecular weight excluding hydrogens is 388 g/mol. The maximum absolute atomic E-state index is 12.5. The molecule has 0 aliphatic carbocycles. The van der Waals surface area contributed by atoms with Gasteiger partial charge < -0.3 is 30.0 Å². The van der Waals surface area contributed by atoms with E-state index in [1.54, 1.807) is 7.11 Å². The molecule has 2 fully saturated rings. The summed E-state index contributed by atoms with van der Waals surface area (Å²) in [5, 5.41) is 15.7. The van der Waals surface area contributed by atoms with Crippen molar-refractivity contribution in [2.24, 2.45) is 5.92 Å². The third-order valence-electron chi connectivity index (χ3n) is 5.75. The number of benzene rings is 1. The molecule has 8 heteroatoms. The predicted molar refractivity (Wildman–Crippen MR) is 110 cm³/mol. The van der Waals surface area contributed by atoms with Gasteiger partial charge in [0.15, 0.2) is 0 Å². The van der Waals surface area contributed by atoms with Gasteiger partial charge in [-0.3, -0.25) is 9.59 Å². The number of aliphatic hydroxyl groups is 1. The van der Waals surface area contributed by atoms with E-state index >= 15 is 0 Å². The quantitative estimate of drug-likeness (QED) is 0.583. The SMILES string of the molecule is COc1cccc(CNC(=O)C[C@@H]2CC[C@@H](NC(=O)C3CCOCC3)[C@H](CO)O2)c1. The van der Waals surface area contributed by atoms with Gasteiger partial charge in [-0.1, -0.05) is 12.1 Å². The number of aliphatic hydroxyl groups excluding tert-OH is 1. The smallest absolute Gasteiger partial charge is 0.223 e. The molecule has 0 unspecified atom stereocenters. The van der Waals surface area contributed by atoms with Crippen LogP contribution in [0.15, 0.2) is 24.3 Å². The second-order valence-electron chi connectivity index (χ2n) is 7.89. The van der Waals surface area contributed by atoms with Crippen LogP contribution in [0.25, 0.3) is 0 Å². The van der Waals surface area contributed by atoms with E-state index in [-0.39, 0.29) is 42.9 Å². The van der Waals surface area contributed by atoms with Crippen molar-refractivity contribution in [1.82, 2.24) is 10.6 Å². The summed E-state index contributed by atoms with van der Waals surface area (Å²) >= 11 is 0. The minimum atomic E-state index is -0.501. The third-order valence-corrected chi connectivity index (χ3v) is 5.75. The molecule has 166 valence electrons. The Hall–Kier alpha value is -2.16. The summed E-state index contributed by atoms with van der Waals surface area (Å²) in [4.78, 5) is 24.8. The fourth-order valence-electron chi connectivity index (χ4n) is 3.97. The lowest BCUT2D eigenvalue weighted by molar-refractivity contribution is -0.139. The molecule has 8 nitrogen and oxygen atoms in total. The van der Waals surface area contributed by atoms with Crippen LogP contribution in [-0.2, 0) is 25.6 Å². The van der Waals surface area contributed by atoms with Crippen molar-refractivity contribution < 1.29 is 28.9 Å². The molecule has 3 N–H and O–H groups in total. The van der Waals surface area contributed by atoms with Crippen LogP contribution in [0.1, 0.15) is 37.7 Å². The van der Waals surface area contributed by atoms with Gasteiger partial charge in [0, 0.05) is 25.7 Å². The third kappa shape index (κ3) is 6.42.